The van der Waals surface area contributed by atoms with Crippen molar-refractivity contribution in [3.05, 3.63) is 55.2 Å². The molecule has 1 heterocycles. The topological polar surface area (TPSA) is 103 Å². The van der Waals surface area contributed by atoms with Gasteiger partial charge in [-0.1, -0.05) is 0 Å². The summed E-state index contributed by atoms with van der Waals surface area (Å²) in [6.07, 6.45) is 2.53. The second-order valence-corrected chi connectivity index (χ2v) is 5.52. The minimum absolute atomic E-state index is 0.0262. The number of halogens is 2. The van der Waals surface area contributed by atoms with Gasteiger partial charge in [0.05, 0.1) is 25.6 Å². The van der Waals surface area contributed by atoms with Gasteiger partial charge < -0.3 is 9.84 Å². The predicted octanol–water partition coefficient (Wildman–Crippen LogP) is 4.01. The normalized spacial score (nSPS) is 10.2. The number of aromatic nitrogens is 1. The van der Waals surface area contributed by atoms with Gasteiger partial charge in [0, 0.05) is 18.3 Å². The van der Waals surface area contributed by atoms with Crippen LogP contribution in [0.3, 0.4) is 0 Å². The Morgan fingerprint density at radius 3 is 2.38 bits per heavy atom. The number of carboxylic acids is 1. The Balaban J connectivity index is 2.38. The fraction of sp³-hybridized carbons (Fsp3) is 0. The molecule has 0 amide bonds. The highest BCUT2D eigenvalue weighted by Crippen LogP contribution is 2.39. The van der Waals surface area contributed by atoms with Crippen LogP contribution in [0, 0.1) is 10.1 Å². The summed E-state index contributed by atoms with van der Waals surface area (Å²) in [5.41, 5.74) is -0.139. The van der Waals surface area contributed by atoms with E-state index in [4.69, 9.17) is 9.84 Å². The van der Waals surface area contributed by atoms with E-state index in [1.807, 2.05) is 0 Å². The van der Waals surface area contributed by atoms with Crippen LogP contribution in [-0.4, -0.2) is 21.0 Å². The van der Waals surface area contributed by atoms with Crippen molar-refractivity contribution in [2.75, 3.05) is 0 Å². The number of nitrogens with zero attached hydrogens (tertiary/aromatic N) is 2. The molecule has 0 saturated carbocycles. The lowest BCUT2D eigenvalue weighted by atomic mass is 10.3. The van der Waals surface area contributed by atoms with Crippen LogP contribution in [0.25, 0.3) is 0 Å². The number of carbonyl (C=O) groups is 1. The van der Waals surface area contributed by atoms with Crippen molar-refractivity contribution >= 4 is 43.5 Å². The molecule has 21 heavy (non-hydrogen) atoms. The Morgan fingerprint density at radius 2 is 1.86 bits per heavy atom. The third-order valence-corrected chi connectivity index (χ3v) is 3.55. The summed E-state index contributed by atoms with van der Waals surface area (Å²) in [5.74, 6) is -0.648. The fourth-order valence-corrected chi connectivity index (χ4v) is 2.78. The monoisotopic (exact) mass is 416 g/mol. The molecular formula is C12H6Br2N2O5. The molecule has 9 heteroatoms. The molecule has 0 aliphatic rings. The van der Waals surface area contributed by atoms with Gasteiger partial charge in [0.15, 0.2) is 5.75 Å². The molecule has 0 unspecified atom stereocenters. The number of nitro groups is 1. The number of aromatic carboxylic acids is 1. The van der Waals surface area contributed by atoms with E-state index in [1.165, 1.54) is 30.6 Å². The number of pyridine rings is 1. The maximum Gasteiger partial charge on any atom is 0.337 e. The van der Waals surface area contributed by atoms with Crippen molar-refractivity contribution in [1.29, 1.82) is 0 Å². The van der Waals surface area contributed by atoms with Gasteiger partial charge in [-0.3, -0.25) is 15.1 Å². The van der Waals surface area contributed by atoms with Crippen molar-refractivity contribution in [3.8, 4) is 11.5 Å². The Kier molecular flexibility index (Phi) is 4.53. The molecule has 2 aromatic rings. The average Bonchev–Trinajstić information content (AvgIpc) is 2.42. The molecule has 0 radical (unpaired) electrons. The molecule has 0 fully saturated rings. The lowest BCUT2D eigenvalue weighted by Crippen LogP contribution is -1.98. The van der Waals surface area contributed by atoms with E-state index in [-0.39, 0.29) is 22.7 Å². The van der Waals surface area contributed by atoms with Crippen molar-refractivity contribution in [2.24, 2.45) is 0 Å². The summed E-state index contributed by atoms with van der Waals surface area (Å²) in [6.45, 7) is 0. The molecule has 7 nitrogen and oxygen atoms in total. The smallest absolute Gasteiger partial charge is 0.337 e. The maximum absolute atomic E-state index is 10.9. The number of rotatable bonds is 4. The van der Waals surface area contributed by atoms with Gasteiger partial charge in [0.2, 0.25) is 0 Å². The Morgan fingerprint density at radius 1 is 1.24 bits per heavy atom. The van der Waals surface area contributed by atoms with E-state index in [9.17, 15) is 14.9 Å². The zero-order valence-corrected chi connectivity index (χ0v) is 13.3. The number of hydrogen-bond acceptors (Lipinski definition) is 5. The highest BCUT2D eigenvalue weighted by molar-refractivity contribution is 9.11. The first-order valence-corrected chi connectivity index (χ1v) is 6.96. The largest absolute Gasteiger partial charge is 0.478 e. The minimum Gasteiger partial charge on any atom is -0.478 e. The first kappa shape index (κ1) is 15.4. The molecule has 1 aromatic carbocycles. The van der Waals surface area contributed by atoms with Crippen molar-refractivity contribution < 1.29 is 19.6 Å². The molecule has 0 atom stereocenters. The second kappa shape index (κ2) is 6.19. The van der Waals surface area contributed by atoms with E-state index in [1.54, 1.807) is 0 Å². The number of ether oxygens (including phenoxy) is 1. The van der Waals surface area contributed by atoms with Crippen LogP contribution in [0.2, 0.25) is 0 Å². The van der Waals surface area contributed by atoms with Gasteiger partial charge in [0.25, 0.3) is 5.69 Å². The highest BCUT2D eigenvalue weighted by Gasteiger charge is 2.16. The molecule has 1 N–H and O–H groups in total. The summed E-state index contributed by atoms with van der Waals surface area (Å²) in [4.78, 5) is 24.8. The summed E-state index contributed by atoms with van der Waals surface area (Å²) in [5, 5.41) is 19.6. The van der Waals surface area contributed by atoms with Crippen molar-refractivity contribution in [2.45, 2.75) is 0 Å². The summed E-state index contributed by atoms with van der Waals surface area (Å²) in [7, 11) is 0. The number of nitro benzene ring substituents is 1. The number of carboxylic acid groups (broad SMARTS) is 1. The summed E-state index contributed by atoms with van der Waals surface area (Å²) in [6, 6.07) is 3.87. The van der Waals surface area contributed by atoms with Crippen LogP contribution < -0.4 is 4.74 Å². The molecule has 0 spiro atoms. The lowest BCUT2D eigenvalue weighted by Gasteiger charge is -2.10. The Hall–Kier alpha value is -2.00. The molecule has 0 bridgehead atoms. The fourth-order valence-electron chi connectivity index (χ4n) is 1.46. The second-order valence-electron chi connectivity index (χ2n) is 3.81. The molecule has 0 aliphatic carbocycles. The summed E-state index contributed by atoms with van der Waals surface area (Å²) < 4.78 is 6.23. The van der Waals surface area contributed by atoms with Gasteiger partial charge in [-0.15, -0.1) is 0 Å². The number of benzene rings is 1. The minimum atomic E-state index is -1.13. The van der Waals surface area contributed by atoms with Gasteiger partial charge >= 0.3 is 5.97 Å². The van der Waals surface area contributed by atoms with Crippen LogP contribution in [0.15, 0.2) is 39.5 Å². The van der Waals surface area contributed by atoms with Crippen LogP contribution >= 0.6 is 31.9 Å². The van der Waals surface area contributed by atoms with E-state index < -0.39 is 10.9 Å². The molecule has 0 saturated heterocycles. The van der Waals surface area contributed by atoms with Crippen molar-refractivity contribution in [3.63, 3.8) is 0 Å². The third-order valence-electron chi connectivity index (χ3n) is 2.37. The quantitative estimate of drug-likeness (QED) is 0.595. The Bertz CT molecular complexity index is 712. The SMILES string of the molecule is O=C(O)c1cncc(Oc2c(Br)cc([N+](=O)[O-])cc2Br)c1. The van der Waals surface area contributed by atoms with Crippen LogP contribution in [0.1, 0.15) is 10.4 Å². The zero-order valence-electron chi connectivity index (χ0n) is 10.1. The van der Waals surface area contributed by atoms with E-state index in [0.717, 1.165) is 0 Å². The van der Waals surface area contributed by atoms with Gasteiger partial charge in [-0.25, -0.2) is 4.79 Å². The first-order chi connectivity index (χ1) is 9.88. The number of non-ortho nitro benzene ring substituents is 1. The maximum atomic E-state index is 10.9. The standard InChI is InChI=1S/C12H6Br2N2O5/c13-9-2-7(16(19)20)3-10(14)11(9)21-8-1-6(12(17)18)4-15-5-8/h1-5H,(H,17,18). The Labute approximate surface area is 135 Å². The molecule has 1 aromatic heterocycles. The summed E-state index contributed by atoms with van der Waals surface area (Å²) >= 11 is 6.35. The highest BCUT2D eigenvalue weighted by atomic mass is 79.9. The molecular weight excluding hydrogens is 412 g/mol. The zero-order chi connectivity index (χ0) is 15.6. The van der Waals surface area contributed by atoms with E-state index >= 15 is 0 Å². The van der Waals surface area contributed by atoms with Gasteiger partial charge in [0.1, 0.15) is 5.75 Å². The van der Waals surface area contributed by atoms with Crippen LogP contribution in [0.5, 0.6) is 11.5 Å². The van der Waals surface area contributed by atoms with E-state index in [2.05, 4.69) is 36.8 Å². The molecule has 2 rings (SSSR count). The lowest BCUT2D eigenvalue weighted by molar-refractivity contribution is -0.385. The van der Waals surface area contributed by atoms with E-state index in [0.29, 0.717) is 8.95 Å². The molecule has 108 valence electrons. The third kappa shape index (κ3) is 3.56. The van der Waals surface area contributed by atoms with Gasteiger partial charge in [-0.05, 0) is 37.9 Å². The first-order valence-electron chi connectivity index (χ1n) is 5.38. The number of hydrogen-bond donors (Lipinski definition) is 1. The van der Waals surface area contributed by atoms with Crippen LogP contribution in [-0.2, 0) is 0 Å². The van der Waals surface area contributed by atoms with Crippen LogP contribution in [0.4, 0.5) is 5.69 Å². The average molecular weight is 418 g/mol. The van der Waals surface area contributed by atoms with Gasteiger partial charge in [-0.2, -0.15) is 0 Å². The predicted molar refractivity (Wildman–Crippen MR) is 79.8 cm³/mol. The molecule has 0 aliphatic heterocycles. The van der Waals surface area contributed by atoms with Crippen molar-refractivity contribution in [1.82, 2.24) is 4.98 Å².